The number of carbonyl (C=O) groups is 2. The number of carbonyl (C=O) groups excluding carboxylic acids is 2. The third-order valence-corrected chi connectivity index (χ3v) is 6.95. The number of ether oxygens (including phenoxy) is 1. The van der Waals surface area contributed by atoms with E-state index in [0.717, 1.165) is 24.8 Å². The Kier molecular flexibility index (Phi) is 7.29. The number of sulfonamides is 1. The van der Waals surface area contributed by atoms with Gasteiger partial charge >= 0.3 is 6.09 Å². The van der Waals surface area contributed by atoms with Crippen molar-refractivity contribution in [2.75, 3.05) is 30.3 Å². The van der Waals surface area contributed by atoms with Crippen LogP contribution in [-0.4, -0.2) is 44.4 Å². The molecule has 166 valence electrons. The molecule has 9 heteroatoms. The number of rotatable bonds is 6. The Balaban J connectivity index is 1.79. The van der Waals surface area contributed by atoms with Crippen LogP contribution in [0.5, 0.6) is 0 Å². The van der Waals surface area contributed by atoms with Gasteiger partial charge < -0.3 is 10.1 Å². The number of nitrogens with zero attached hydrogens (tertiary/aromatic N) is 1. The SMILES string of the molecule is CCOC(=O)Nc1cccc(C(=O)Nc2cc(S(=O)(=O)N3CCCCC3)ccc2C)c1. The minimum atomic E-state index is -3.61. The summed E-state index contributed by atoms with van der Waals surface area (Å²) in [7, 11) is -3.61. The van der Waals surface area contributed by atoms with E-state index in [2.05, 4.69) is 10.6 Å². The summed E-state index contributed by atoms with van der Waals surface area (Å²) in [6.45, 7) is 4.76. The van der Waals surface area contributed by atoms with Gasteiger partial charge in [-0.15, -0.1) is 0 Å². The lowest BCUT2D eigenvalue weighted by molar-refractivity contribution is 0.102. The summed E-state index contributed by atoms with van der Waals surface area (Å²) in [4.78, 5) is 24.5. The summed E-state index contributed by atoms with van der Waals surface area (Å²) in [6, 6.07) is 11.2. The predicted octanol–water partition coefficient (Wildman–Crippen LogP) is 3.99. The van der Waals surface area contributed by atoms with Gasteiger partial charge in [-0.1, -0.05) is 18.6 Å². The van der Waals surface area contributed by atoms with Crippen molar-refractivity contribution in [2.24, 2.45) is 0 Å². The van der Waals surface area contributed by atoms with Gasteiger partial charge in [-0.25, -0.2) is 13.2 Å². The molecule has 0 radical (unpaired) electrons. The summed E-state index contributed by atoms with van der Waals surface area (Å²) in [5, 5.41) is 5.33. The molecule has 2 amide bonds. The highest BCUT2D eigenvalue weighted by Crippen LogP contribution is 2.25. The molecule has 8 nitrogen and oxygen atoms in total. The average Bonchev–Trinajstić information content (AvgIpc) is 2.76. The van der Waals surface area contributed by atoms with Crippen LogP contribution in [0.15, 0.2) is 47.4 Å². The number of amides is 2. The van der Waals surface area contributed by atoms with Gasteiger partial charge in [0.15, 0.2) is 0 Å². The Morgan fingerprint density at radius 3 is 2.48 bits per heavy atom. The number of piperidine rings is 1. The average molecular weight is 446 g/mol. The van der Waals surface area contributed by atoms with Crippen molar-refractivity contribution in [3.63, 3.8) is 0 Å². The molecule has 31 heavy (non-hydrogen) atoms. The molecular weight excluding hydrogens is 418 g/mol. The molecule has 0 bridgehead atoms. The van der Waals surface area contributed by atoms with Crippen molar-refractivity contribution in [3.8, 4) is 0 Å². The molecule has 2 aromatic carbocycles. The Labute approximate surface area is 182 Å². The molecule has 2 aromatic rings. The van der Waals surface area contributed by atoms with Crippen LogP contribution in [0.25, 0.3) is 0 Å². The minimum Gasteiger partial charge on any atom is -0.450 e. The monoisotopic (exact) mass is 445 g/mol. The number of benzene rings is 2. The molecule has 3 rings (SSSR count). The topological polar surface area (TPSA) is 105 Å². The number of aryl methyl sites for hydroxylation is 1. The second-order valence-electron chi connectivity index (χ2n) is 7.32. The van der Waals surface area contributed by atoms with Gasteiger partial charge in [-0.05, 0) is 62.6 Å². The molecule has 1 fully saturated rings. The van der Waals surface area contributed by atoms with Crippen LogP contribution in [0.3, 0.4) is 0 Å². The third kappa shape index (κ3) is 5.62. The van der Waals surface area contributed by atoms with Crippen LogP contribution in [0.4, 0.5) is 16.2 Å². The maximum atomic E-state index is 13.0. The zero-order chi connectivity index (χ0) is 22.4. The van der Waals surface area contributed by atoms with Crippen molar-refractivity contribution in [1.29, 1.82) is 0 Å². The Hall–Kier alpha value is -2.91. The fourth-order valence-electron chi connectivity index (χ4n) is 3.37. The Morgan fingerprint density at radius 1 is 1.03 bits per heavy atom. The highest BCUT2D eigenvalue weighted by Gasteiger charge is 2.26. The number of anilines is 2. The van der Waals surface area contributed by atoms with E-state index in [1.807, 2.05) is 0 Å². The van der Waals surface area contributed by atoms with E-state index in [0.29, 0.717) is 30.0 Å². The molecule has 0 atom stereocenters. The maximum absolute atomic E-state index is 13.0. The van der Waals surface area contributed by atoms with Crippen LogP contribution in [-0.2, 0) is 14.8 Å². The number of hydrogen-bond donors (Lipinski definition) is 2. The lowest BCUT2D eigenvalue weighted by Crippen LogP contribution is -2.35. The maximum Gasteiger partial charge on any atom is 0.411 e. The van der Waals surface area contributed by atoms with Crippen molar-refractivity contribution in [2.45, 2.75) is 38.0 Å². The lowest BCUT2D eigenvalue weighted by atomic mass is 10.1. The summed E-state index contributed by atoms with van der Waals surface area (Å²) in [5.41, 5.74) is 1.90. The second-order valence-corrected chi connectivity index (χ2v) is 9.26. The van der Waals surface area contributed by atoms with E-state index >= 15 is 0 Å². The van der Waals surface area contributed by atoms with E-state index in [-0.39, 0.29) is 11.5 Å². The fraction of sp³-hybridized carbons (Fsp3) is 0.364. The smallest absolute Gasteiger partial charge is 0.411 e. The van der Waals surface area contributed by atoms with Crippen molar-refractivity contribution >= 4 is 33.4 Å². The lowest BCUT2D eigenvalue weighted by Gasteiger charge is -2.26. The van der Waals surface area contributed by atoms with E-state index in [9.17, 15) is 18.0 Å². The Bertz CT molecular complexity index is 1060. The van der Waals surface area contributed by atoms with Crippen molar-refractivity contribution in [3.05, 3.63) is 53.6 Å². The molecule has 1 aliphatic rings. The first-order valence-corrected chi connectivity index (χ1v) is 11.7. The molecule has 0 saturated carbocycles. The van der Waals surface area contributed by atoms with Gasteiger partial charge in [-0.2, -0.15) is 4.31 Å². The van der Waals surface area contributed by atoms with Gasteiger partial charge in [0.25, 0.3) is 5.91 Å². The number of nitrogens with one attached hydrogen (secondary N) is 2. The van der Waals surface area contributed by atoms with E-state index in [1.54, 1.807) is 44.2 Å². The van der Waals surface area contributed by atoms with Crippen LogP contribution in [0, 0.1) is 6.92 Å². The fourth-order valence-corrected chi connectivity index (χ4v) is 4.91. The normalized spacial score (nSPS) is 14.6. The molecule has 1 saturated heterocycles. The predicted molar refractivity (Wildman–Crippen MR) is 119 cm³/mol. The van der Waals surface area contributed by atoms with Gasteiger partial charge in [0.05, 0.1) is 11.5 Å². The van der Waals surface area contributed by atoms with Crippen LogP contribution < -0.4 is 10.6 Å². The molecule has 2 N–H and O–H groups in total. The Morgan fingerprint density at radius 2 is 1.77 bits per heavy atom. The van der Waals surface area contributed by atoms with Crippen LogP contribution >= 0.6 is 0 Å². The van der Waals surface area contributed by atoms with E-state index in [4.69, 9.17) is 4.74 Å². The van der Waals surface area contributed by atoms with E-state index < -0.39 is 22.0 Å². The summed E-state index contributed by atoms with van der Waals surface area (Å²) < 4.78 is 32.3. The molecule has 0 spiro atoms. The third-order valence-electron chi connectivity index (χ3n) is 5.06. The first-order chi connectivity index (χ1) is 14.8. The zero-order valence-electron chi connectivity index (χ0n) is 17.7. The molecular formula is C22H27N3O5S. The summed E-state index contributed by atoms with van der Waals surface area (Å²) >= 11 is 0. The zero-order valence-corrected chi connectivity index (χ0v) is 18.5. The second kappa shape index (κ2) is 9.93. The van der Waals surface area contributed by atoms with Crippen LogP contribution in [0.2, 0.25) is 0 Å². The van der Waals surface area contributed by atoms with Gasteiger partial charge in [0, 0.05) is 30.0 Å². The highest BCUT2D eigenvalue weighted by atomic mass is 32.2. The molecule has 1 heterocycles. The standard InChI is InChI=1S/C22H27N3O5S/c1-3-30-22(27)23-18-9-7-8-17(14-18)21(26)24-20-15-19(11-10-16(20)2)31(28,29)25-12-5-4-6-13-25/h7-11,14-15H,3-6,12-13H2,1-2H3,(H,23,27)(H,24,26). The van der Waals surface area contributed by atoms with Crippen LogP contribution in [0.1, 0.15) is 42.1 Å². The van der Waals surface area contributed by atoms with Gasteiger partial charge in [-0.3, -0.25) is 10.1 Å². The molecule has 1 aliphatic heterocycles. The first kappa shape index (κ1) is 22.8. The molecule has 0 aromatic heterocycles. The van der Waals surface area contributed by atoms with Crippen molar-refractivity contribution < 1.29 is 22.7 Å². The molecule has 0 aliphatic carbocycles. The first-order valence-electron chi connectivity index (χ1n) is 10.3. The van der Waals surface area contributed by atoms with Crippen molar-refractivity contribution in [1.82, 2.24) is 4.31 Å². The number of hydrogen-bond acceptors (Lipinski definition) is 5. The largest absolute Gasteiger partial charge is 0.450 e. The molecule has 0 unspecified atom stereocenters. The quantitative estimate of drug-likeness (QED) is 0.700. The van der Waals surface area contributed by atoms with Gasteiger partial charge in [0.1, 0.15) is 0 Å². The summed E-state index contributed by atoms with van der Waals surface area (Å²) in [6.07, 6.45) is 2.13. The summed E-state index contributed by atoms with van der Waals surface area (Å²) in [5.74, 6) is -0.414. The minimum absolute atomic E-state index is 0.160. The van der Waals surface area contributed by atoms with Gasteiger partial charge in [0.2, 0.25) is 10.0 Å². The van der Waals surface area contributed by atoms with E-state index in [1.165, 1.54) is 16.4 Å². The highest BCUT2D eigenvalue weighted by molar-refractivity contribution is 7.89.